The Morgan fingerprint density at radius 3 is 2.26 bits per heavy atom. The number of carbonyl (C=O) groups excluding carboxylic acids is 1. The first-order chi connectivity index (χ1) is 13.1. The number of piperazine rings is 1. The highest BCUT2D eigenvalue weighted by molar-refractivity contribution is 5.78. The molecule has 3 rings (SSSR count). The number of nitrogens with zero attached hydrogens (tertiary/aromatic N) is 2. The molecule has 2 aromatic carbocycles. The van der Waals surface area contributed by atoms with E-state index in [0.717, 1.165) is 13.1 Å². The Kier molecular flexibility index (Phi) is 6.22. The number of benzene rings is 2. The molecule has 144 valence electrons. The van der Waals surface area contributed by atoms with Crippen molar-refractivity contribution in [3.05, 3.63) is 53.6 Å². The fourth-order valence-electron chi connectivity index (χ4n) is 3.35. The summed E-state index contributed by atoms with van der Waals surface area (Å²) in [5.74, 6) is 1.30. The number of aryl methyl sites for hydroxylation is 1. The number of carbonyl (C=O) groups is 1. The zero-order valence-corrected chi connectivity index (χ0v) is 16.4. The first kappa shape index (κ1) is 19.1. The van der Waals surface area contributed by atoms with Crippen LogP contribution in [0.1, 0.15) is 18.1 Å². The molecule has 5 nitrogen and oxygen atoms in total. The van der Waals surface area contributed by atoms with Crippen molar-refractivity contribution in [3.8, 4) is 11.5 Å². The van der Waals surface area contributed by atoms with Gasteiger partial charge in [0.05, 0.1) is 6.61 Å². The molecular formula is C22H28N2O3. The third-order valence-corrected chi connectivity index (χ3v) is 5.05. The molecule has 0 aliphatic carbocycles. The Hall–Kier alpha value is -2.69. The van der Waals surface area contributed by atoms with Crippen molar-refractivity contribution in [3.63, 3.8) is 0 Å². The molecule has 0 spiro atoms. The lowest BCUT2D eigenvalue weighted by Gasteiger charge is -2.37. The van der Waals surface area contributed by atoms with Crippen LogP contribution in [0.15, 0.2) is 42.5 Å². The second-order valence-electron chi connectivity index (χ2n) is 6.76. The summed E-state index contributed by atoms with van der Waals surface area (Å²) in [5.41, 5.74) is 3.88. The van der Waals surface area contributed by atoms with Gasteiger partial charge in [0, 0.05) is 31.9 Å². The molecular weight excluding hydrogens is 340 g/mol. The Morgan fingerprint density at radius 1 is 0.926 bits per heavy atom. The highest BCUT2D eigenvalue weighted by Crippen LogP contribution is 2.27. The van der Waals surface area contributed by atoms with Crippen molar-refractivity contribution in [2.45, 2.75) is 20.8 Å². The molecule has 0 bridgehead atoms. The summed E-state index contributed by atoms with van der Waals surface area (Å²) in [7, 11) is 0. The Morgan fingerprint density at radius 2 is 1.59 bits per heavy atom. The molecule has 27 heavy (non-hydrogen) atoms. The molecule has 0 radical (unpaired) electrons. The van der Waals surface area contributed by atoms with Crippen molar-refractivity contribution in [1.29, 1.82) is 0 Å². The number of hydrogen-bond donors (Lipinski definition) is 0. The van der Waals surface area contributed by atoms with Crippen LogP contribution in [0.2, 0.25) is 0 Å². The normalized spacial score (nSPS) is 14.2. The van der Waals surface area contributed by atoms with E-state index in [1.807, 2.05) is 36.1 Å². The van der Waals surface area contributed by atoms with Crippen molar-refractivity contribution in [2.24, 2.45) is 0 Å². The van der Waals surface area contributed by atoms with Crippen LogP contribution >= 0.6 is 0 Å². The molecule has 1 fully saturated rings. The Labute approximate surface area is 161 Å². The molecule has 1 heterocycles. The second-order valence-corrected chi connectivity index (χ2v) is 6.76. The Balaban J connectivity index is 1.54. The predicted molar refractivity (Wildman–Crippen MR) is 108 cm³/mol. The predicted octanol–water partition coefficient (Wildman–Crippen LogP) is 3.43. The third-order valence-electron chi connectivity index (χ3n) is 5.05. The van der Waals surface area contributed by atoms with Gasteiger partial charge in [-0.3, -0.25) is 4.79 Å². The molecule has 1 amide bonds. The van der Waals surface area contributed by atoms with E-state index in [1.165, 1.54) is 16.8 Å². The van der Waals surface area contributed by atoms with E-state index in [2.05, 4.69) is 36.9 Å². The largest absolute Gasteiger partial charge is 0.490 e. The van der Waals surface area contributed by atoms with Gasteiger partial charge in [0.2, 0.25) is 0 Å². The van der Waals surface area contributed by atoms with Crippen molar-refractivity contribution < 1.29 is 14.3 Å². The SMILES string of the molecule is CCOc1ccccc1OCC(=O)N1CCN(c2cccc(C)c2C)CC1. The Bertz CT molecular complexity index is 783. The van der Waals surface area contributed by atoms with Crippen LogP contribution in [0, 0.1) is 13.8 Å². The molecule has 5 heteroatoms. The van der Waals surface area contributed by atoms with Gasteiger partial charge in [-0.15, -0.1) is 0 Å². The average molecular weight is 368 g/mol. The van der Waals surface area contributed by atoms with E-state index in [4.69, 9.17) is 9.47 Å². The molecule has 0 saturated carbocycles. The maximum Gasteiger partial charge on any atom is 0.260 e. The van der Waals surface area contributed by atoms with E-state index < -0.39 is 0 Å². The molecule has 1 aliphatic heterocycles. The van der Waals surface area contributed by atoms with E-state index in [-0.39, 0.29) is 12.5 Å². The van der Waals surface area contributed by atoms with Gasteiger partial charge >= 0.3 is 0 Å². The topological polar surface area (TPSA) is 42.0 Å². The zero-order valence-electron chi connectivity index (χ0n) is 16.4. The van der Waals surface area contributed by atoms with Gasteiger partial charge in [0.1, 0.15) is 0 Å². The fourth-order valence-corrected chi connectivity index (χ4v) is 3.35. The number of anilines is 1. The van der Waals surface area contributed by atoms with Crippen LogP contribution in [0.25, 0.3) is 0 Å². The molecule has 0 N–H and O–H groups in total. The van der Waals surface area contributed by atoms with Crippen molar-refractivity contribution in [2.75, 3.05) is 44.3 Å². The summed E-state index contributed by atoms with van der Waals surface area (Å²) in [6.07, 6.45) is 0. The summed E-state index contributed by atoms with van der Waals surface area (Å²) in [4.78, 5) is 16.8. The van der Waals surface area contributed by atoms with E-state index in [0.29, 0.717) is 31.2 Å². The van der Waals surface area contributed by atoms with Gasteiger partial charge < -0.3 is 19.3 Å². The maximum absolute atomic E-state index is 12.5. The van der Waals surface area contributed by atoms with Gasteiger partial charge in [-0.1, -0.05) is 24.3 Å². The minimum absolute atomic E-state index is 0.0157. The number of ether oxygens (including phenoxy) is 2. The first-order valence-electron chi connectivity index (χ1n) is 9.53. The summed E-state index contributed by atoms with van der Waals surface area (Å²) in [5, 5.41) is 0. The molecule has 1 saturated heterocycles. The van der Waals surface area contributed by atoms with Crippen LogP contribution in [0.5, 0.6) is 11.5 Å². The van der Waals surface area contributed by atoms with E-state index in [1.54, 1.807) is 0 Å². The molecule has 0 aromatic heterocycles. The number of para-hydroxylation sites is 2. The molecule has 1 aliphatic rings. The lowest BCUT2D eigenvalue weighted by molar-refractivity contribution is -0.133. The lowest BCUT2D eigenvalue weighted by Crippen LogP contribution is -2.50. The summed E-state index contributed by atoms with van der Waals surface area (Å²) in [6, 6.07) is 13.9. The van der Waals surface area contributed by atoms with Crippen LogP contribution in [-0.4, -0.2) is 50.2 Å². The molecule has 2 aromatic rings. The minimum Gasteiger partial charge on any atom is -0.490 e. The monoisotopic (exact) mass is 368 g/mol. The third kappa shape index (κ3) is 4.54. The second kappa shape index (κ2) is 8.80. The summed E-state index contributed by atoms with van der Waals surface area (Å²) in [6.45, 7) is 9.92. The van der Waals surface area contributed by atoms with E-state index >= 15 is 0 Å². The van der Waals surface area contributed by atoms with Crippen LogP contribution in [-0.2, 0) is 4.79 Å². The van der Waals surface area contributed by atoms with Gasteiger partial charge in [0.25, 0.3) is 5.91 Å². The van der Waals surface area contributed by atoms with Crippen LogP contribution in [0.3, 0.4) is 0 Å². The van der Waals surface area contributed by atoms with Gasteiger partial charge in [-0.25, -0.2) is 0 Å². The smallest absolute Gasteiger partial charge is 0.260 e. The number of rotatable bonds is 6. The van der Waals surface area contributed by atoms with Gasteiger partial charge in [-0.05, 0) is 50.1 Å². The summed E-state index contributed by atoms with van der Waals surface area (Å²) >= 11 is 0. The fraction of sp³-hybridized carbons (Fsp3) is 0.409. The highest BCUT2D eigenvalue weighted by Gasteiger charge is 2.22. The van der Waals surface area contributed by atoms with Crippen LogP contribution in [0.4, 0.5) is 5.69 Å². The maximum atomic E-state index is 12.5. The minimum atomic E-state index is 0.0157. The lowest BCUT2D eigenvalue weighted by atomic mass is 10.1. The average Bonchev–Trinajstić information content (AvgIpc) is 2.69. The van der Waals surface area contributed by atoms with Gasteiger partial charge in [0.15, 0.2) is 18.1 Å². The number of amides is 1. The van der Waals surface area contributed by atoms with Crippen molar-refractivity contribution >= 4 is 11.6 Å². The van der Waals surface area contributed by atoms with Crippen molar-refractivity contribution in [1.82, 2.24) is 4.90 Å². The quantitative estimate of drug-likeness (QED) is 0.783. The highest BCUT2D eigenvalue weighted by atomic mass is 16.5. The molecule has 0 unspecified atom stereocenters. The number of hydrogen-bond acceptors (Lipinski definition) is 4. The zero-order chi connectivity index (χ0) is 19.2. The van der Waals surface area contributed by atoms with E-state index in [9.17, 15) is 4.79 Å². The summed E-state index contributed by atoms with van der Waals surface area (Å²) < 4.78 is 11.3. The van der Waals surface area contributed by atoms with Gasteiger partial charge in [-0.2, -0.15) is 0 Å². The molecule has 0 atom stereocenters. The first-order valence-corrected chi connectivity index (χ1v) is 9.53. The standard InChI is InChI=1S/C22H28N2O3/c1-4-26-20-10-5-6-11-21(20)27-16-22(25)24-14-12-23(13-15-24)19-9-7-8-17(2)18(19)3/h5-11H,4,12-16H2,1-3H3. The van der Waals surface area contributed by atoms with Crippen LogP contribution < -0.4 is 14.4 Å².